The van der Waals surface area contributed by atoms with Gasteiger partial charge in [0.25, 0.3) is 0 Å². The van der Waals surface area contributed by atoms with Gasteiger partial charge in [0, 0.05) is 10.3 Å². The molecule has 0 aliphatic rings. The minimum Gasteiger partial charge on any atom is -0.394 e. The van der Waals surface area contributed by atoms with Crippen LogP contribution in [0, 0.1) is 0 Å². The summed E-state index contributed by atoms with van der Waals surface area (Å²) in [6.45, 7) is 8.90. The zero-order valence-electron chi connectivity index (χ0n) is 9.48. The minimum absolute atomic E-state index is 0.113. The number of nitrogens with one attached hydrogen (secondary N) is 1. The molecule has 0 heterocycles. The Bertz CT molecular complexity index is 138. The molecule has 0 amide bonds. The minimum atomic E-state index is -0.113. The molecule has 0 fully saturated rings. The second kappa shape index (κ2) is 5.23. The highest BCUT2D eigenvalue weighted by Gasteiger charge is 2.21. The molecule has 0 bridgehead atoms. The van der Waals surface area contributed by atoms with Crippen LogP contribution >= 0.6 is 11.8 Å². The molecule has 1 atom stereocenters. The molecule has 0 aliphatic heterocycles. The maximum absolute atomic E-state index is 9.14. The molecule has 0 spiro atoms. The van der Waals surface area contributed by atoms with E-state index in [0.717, 1.165) is 12.2 Å². The molecule has 13 heavy (non-hydrogen) atoms. The van der Waals surface area contributed by atoms with Crippen molar-refractivity contribution in [3.63, 3.8) is 0 Å². The highest BCUT2D eigenvalue weighted by Crippen LogP contribution is 2.25. The SMILES string of the molecule is CNC(C)(CO)CCSC(C)(C)C. The number of rotatable bonds is 5. The van der Waals surface area contributed by atoms with Crippen molar-refractivity contribution in [1.29, 1.82) is 0 Å². The van der Waals surface area contributed by atoms with Gasteiger partial charge in [-0.2, -0.15) is 11.8 Å². The van der Waals surface area contributed by atoms with E-state index in [0.29, 0.717) is 4.75 Å². The molecule has 0 aromatic carbocycles. The molecule has 0 rings (SSSR count). The third-order valence-corrected chi connectivity index (χ3v) is 3.42. The smallest absolute Gasteiger partial charge is 0.0610 e. The number of hydrogen-bond donors (Lipinski definition) is 2. The Balaban J connectivity index is 3.74. The van der Waals surface area contributed by atoms with Crippen molar-refractivity contribution in [3.8, 4) is 0 Å². The van der Waals surface area contributed by atoms with E-state index in [4.69, 9.17) is 5.11 Å². The summed E-state index contributed by atoms with van der Waals surface area (Å²) in [6, 6.07) is 0. The van der Waals surface area contributed by atoms with Crippen molar-refractivity contribution >= 4 is 11.8 Å². The van der Waals surface area contributed by atoms with E-state index in [-0.39, 0.29) is 12.1 Å². The Labute approximate surface area is 86.5 Å². The van der Waals surface area contributed by atoms with E-state index in [9.17, 15) is 0 Å². The van der Waals surface area contributed by atoms with Gasteiger partial charge in [0.05, 0.1) is 6.61 Å². The molecule has 0 radical (unpaired) electrons. The van der Waals surface area contributed by atoms with E-state index in [1.54, 1.807) is 0 Å². The van der Waals surface area contributed by atoms with E-state index >= 15 is 0 Å². The van der Waals surface area contributed by atoms with E-state index in [1.807, 2.05) is 18.8 Å². The van der Waals surface area contributed by atoms with Crippen molar-refractivity contribution in [3.05, 3.63) is 0 Å². The standard InChI is InChI=1S/C10H23NOS/c1-9(2,3)13-7-6-10(4,8-12)11-5/h11-12H,6-8H2,1-5H3. The van der Waals surface area contributed by atoms with Crippen LogP contribution in [-0.2, 0) is 0 Å². The predicted octanol–water partition coefficient (Wildman–Crippen LogP) is 1.88. The summed E-state index contributed by atoms with van der Waals surface area (Å²) in [5.41, 5.74) is -0.113. The molecule has 0 aromatic heterocycles. The second-order valence-corrected chi connectivity index (χ2v) is 6.60. The Kier molecular flexibility index (Phi) is 5.33. The third kappa shape index (κ3) is 6.36. The van der Waals surface area contributed by atoms with Crippen LogP contribution in [0.2, 0.25) is 0 Å². The van der Waals surface area contributed by atoms with E-state index in [2.05, 4.69) is 33.0 Å². The Morgan fingerprint density at radius 3 is 2.08 bits per heavy atom. The molecular weight excluding hydrogens is 182 g/mol. The van der Waals surface area contributed by atoms with Gasteiger partial charge in [-0.15, -0.1) is 0 Å². The van der Waals surface area contributed by atoms with Crippen LogP contribution in [0.25, 0.3) is 0 Å². The van der Waals surface area contributed by atoms with Gasteiger partial charge in [-0.05, 0) is 26.1 Å². The van der Waals surface area contributed by atoms with Gasteiger partial charge in [-0.3, -0.25) is 0 Å². The summed E-state index contributed by atoms with van der Waals surface area (Å²) >= 11 is 1.94. The molecule has 3 heteroatoms. The van der Waals surface area contributed by atoms with Crippen LogP contribution < -0.4 is 5.32 Å². The van der Waals surface area contributed by atoms with Gasteiger partial charge in [-0.25, -0.2) is 0 Å². The van der Waals surface area contributed by atoms with Crippen molar-refractivity contribution in [2.24, 2.45) is 0 Å². The fourth-order valence-corrected chi connectivity index (χ4v) is 2.03. The maximum Gasteiger partial charge on any atom is 0.0610 e. The number of thioether (sulfide) groups is 1. The zero-order valence-corrected chi connectivity index (χ0v) is 10.3. The normalized spacial score (nSPS) is 17.1. The first kappa shape index (κ1) is 13.3. The van der Waals surface area contributed by atoms with Gasteiger partial charge in [-0.1, -0.05) is 20.8 Å². The summed E-state index contributed by atoms with van der Waals surface area (Å²) in [4.78, 5) is 0. The number of hydrogen-bond acceptors (Lipinski definition) is 3. The number of aliphatic hydroxyl groups is 1. The maximum atomic E-state index is 9.14. The monoisotopic (exact) mass is 205 g/mol. The average Bonchev–Trinajstić information content (AvgIpc) is 2.02. The molecule has 1 unspecified atom stereocenters. The summed E-state index contributed by atoms with van der Waals surface area (Å²) in [5, 5.41) is 12.3. The quantitative estimate of drug-likeness (QED) is 0.719. The highest BCUT2D eigenvalue weighted by atomic mass is 32.2. The first-order valence-corrected chi connectivity index (χ1v) is 5.75. The molecule has 80 valence electrons. The molecule has 0 aromatic rings. The summed E-state index contributed by atoms with van der Waals surface area (Å²) in [6.07, 6.45) is 1.00. The van der Waals surface area contributed by atoms with Gasteiger partial charge in [0.2, 0.25) is 0 Å². The van der Waals surface area contributed by atoms with E-state index < -0.39 is 0 Å². The summed E-state index contributed by atoms with van der Waals surface area (Å²) < 4.78 is 0.324. The summed E-state index contributed by atoms with van der Waals surface area (Å²) in [7, 11) is 1.90. The van der Waals surface area contributed by atoms with Gasteiger partial charge in [0.1, 0.15) is 0 Å². The topological polar surface area (TPSA) is 32.3 Å². The fraction of sp³-hybridized carbons (Fsp3) is 1.00. The lowest BCUT2D eigenvalue weighted by molar-refractivity contribution is 0.179. The van der Waals surface area contributed by atoms with Crippen molar-refractivity contribution in [1.82, 2.24) is 5.32 Å². The third-order valence-electron chi connectivity index (χ3n) is 2.14. The van der Waals surface area contributed by atoms with E-state index in [1.165, 1.54) is 0 Å². The van der Waals surface area contributed by atoms with Crippen LogP contribution in [0.5, 0.6) is 0 Å². The number of likely N-dealkylation sites (N-methyl/N-ethyl adjacent to an activating group) is 1. The van der Waals surface area contributed by atoms with Gasteiger partial charge >= 0.3 is 0 Å². The Morgan fingerprint density at radius 1 is 1.23 bits per heavy atom. The molecule has 0 aliphatic carbocycles. The zero-order chi connectivity index (χ0) is 10.5. The molecule has 2 N–H and O–H groups in total. The molecule has 0 saturated heterocycles. The second-order valence-electron chi connectivity index (χ2n) is 4.68. The number of aliphatic hydroxyl groups excluding tert-OH is 1. The summed E-state index contributed by atoms with van der Waals surface area (Å²) in [5.74, 6) is 1.08. The largest absolute Gasteiger partial charge is 0.394 e. The Hall–Kier alpha value is 0.270. The van der Waals surface area contributed by atoms with Crippen LogP contribution in [-0.4, -0.2) is 34.8 Å². The fourth-order valence-electron chi connectivity index (χ4n) is 0.866. The first-order valence-electron chi connectivity index (χ1n) is 4.77. The lowest BCUT2D eigenvalue weighted by Crippen LogP contribution is -2.44. The van der Waals surface area contributed by atoms with Gasteiger partial charge < -0.3 is 10.4 Å². The molecule has 2 nitrogen and oxygen atoms in total. The lowest BCUT2D eigenvalue weighted by atomic mass is 10.0. The predicted molar refractivity (Wildman–Crippen MR) is 61.4 cm³/mol. The Morgan fingerprint density at radius 2 is 1.77 bits per heavy atom. The van der Waals surface area contributed by atoms with Crippen LogP contribution in [0.1, 0.15) is 34.1 Å². The lowest BCUT2D eigenvalue weighted by Gasteiger charge is -2.28. The van der Waals surface area contributed by atoms with Crippen LogP contribution in [0.4, 0.5) is 0 Å². The van der Waals surface area contributed by atoms with Crippen LogP contribution in [0.3, 0.4) is 0 Å². The first-order chi connectivity index (χ1) is 5.83. The van der Waals surface area contributed by atoms with Crippen molar-refractivity contribution in [2.45, 2.75) is 44.4 Å². The van der Waals surface area contributed by atoms with Crippen LogP contribution in [0.15, 0.2) is 0 Å². The van der Waals surface area contributed by atoms with Gasteiger partial charge in [0.15, 0.2) is 0 Å². The van der Waals surface area contributed by atoms with Crippen molar-refractivity contribution < 1.29 is 5.11 Å². The average molecular weight is 205 g/mol. The highest BCUT2D eigenvalue weighted by molar-refractivity contribution is 8.00. The van der Waals surface area contributed by atoms with Crippen molar-refractivity contribution in [2.75, 3.05) is 19.4 Å². The molecular formula is C10H23NOS. The molecule has 0 saturated carbocycles.